The van der Waals surface area contributed by atoms with Crippen LogP contribution in [0.5, 0.6) is 5.75 Å². The molecule has 0 radical (unpaired) electrons. The number of carbonyl (C=O) groups is 3. The number of carboxylic acids is 1. The summed E-state index contributed by atoms with van der Waals surface area (Å²) in [4.78, 5) is 37.2. The van der Waals surface area contributed by atoms with Crippen molar-refractivity contribution < 1.29 is 33.7 Å². The van der Waals surface area contributed by atoms with Crippen molar-refractivity contribution in [2.24, 2.45) is 5.92 Å². The molecule has 1 heterocycles. The molecule has 0 bridgehead atoms. The van der Waals surface area contributed by atoms with Gasteiger partial charge in [0.2, 0.25) is 0 Å². The van der Waals surface area contributed by atoms with Crippen LogP contribution in [0.1, 0.15) is 43.9 Å². The Morgan fingerprint density at radius 2 is 1.84 bits per heavy atom. The number of hydrogen-bond acceptors (Lipinski definition) is 7. The highest BCUT2D eigenvalue weighted by molar-refractivity contribution is 5.94. The summed E-state index contributed by atoms with van der Waals surface area (Å²) in [6, 6.07) is 12.7. The van der Waals surface area contributed by atoms with Gasteiger partial charge in [-0.3, -0.25) is 4.90 Å². The first-order valence-corrected chi connectivity index (χ1v) is 10.0. The van der Waals surface area contributed by atoms with Gasteiger partial charge in [-0.1, -0.05) is 18.2 Å². The third-order valence-corrected chi connectivity index (χ3v) is 5.09. The maximum Gasteiger partial charge on any atom is 0.341 e. The van der Waals surface area contributed by atoms with E-state index in [1.54, 1.807) is 24.3 Å². The largest absolute Gasteiger partial charge is 0.492 e. The van der Waals surface area contributed by atoms with E-state index < -0.39 is 17.9 Å². The number of para-hydroxylation sites is 1. The predicted molar refractivity (Wildman–Crippen MR) is 111 cm³/mol. The summed E-state index contributed by atoms with van der Waals surface area (Å²) in [5.74, 6) is -1.40. The number of rotatable bonds is 8. The van der Waals surface area contributed by atoms with Gasteiger partial charge < -0.3 is 19.3 Å². The Balaban J connectivity index is 1.51. The lowest BCUT2D eigenvalue weighted by Crippen LogP contribution is -2.39. The summed E-state index contributed by atoms with van der Waals surface area (Å²) in [6.45, 7) is 2.02. The first-order chi connectivity index (χ1) is 15.0. The number of carboxylic acid groups (broad SMARTS) is 1. The second kappa shape index (κ2) is 10.6. The molecule has 164 valence electrons. The van der Waals surface area contributed by atoms with Gasteiger partial charge in [0.05, 0.1) is 24.8 Å². The average molecular weight is 427 g/mol. The van der Waals surface area contributed by atoms with E-state index in [2.05, 4.69) is 0 Å². The van der Waals surface area contributed by atoms with Crippen molar-refractivity contribution in [1.29, 1.82) is 0 Å². The lowest BCUT2D eigenvalue weighted by Gasteiger charge is -2.32. The summed E-state index contributed by atoms with van der Waals surface area (Å²) < 4.78 is 16.0. The molecule has 0 aromatic heterocycles. The SMILES string of the molecule is COC(=O)c1ccccc1OCC1CCCN(COC(=O)c2cccc(C(=O)O)c2)C1. The van der Waals surface area contributed by atoms with Crippen LogP contribution >= 0.6 is 0 Å². The van der Waals surface area contributed by atoms with E-state index in [-0.39, 0.29) is 23.8 Å². The Kier molecular flexibility index (Phi) is 7.61. The number of piperidine rings is 1. The Morgan fingerprint density at radius 1 is 1.06 bits per heavy atom. The van der Waals surface area contributed by atoms with Crippen molar-refractivity contribution >= 4 is 17.9 Å². The van der Waals surface area contributed by atoms with Crippen molar-refractivity contribution in [3.63, 3.8) is 0 Å². The molecule has 1 fully saturated rings. The van der Waals surface area contributed by atoms with Crippen molar-refractivity contribution in [2.45, 2.75) is 12.8 Å². The van der Waals surface area contributed by atoms with E-state index in [0.717, 1.165) is 19.4 Å². The van der Waals surface area contributed by atoms with Gasteiger partial charge in [0.1, 0.15) is 18.0 Å². The van der Waals surface area contributed by atoms with Crippen molar-refractivity contribution in [2.75, 3.05) is 33.5 Å². The Morgan fingerprint density at radius 3 is 2.61 bits per heavy atom. The number of nitrogens with zero attached hydrogens (tertiary/aromatic N) is 1. The quantitative estimate of drug-likeness (QED) is 0.642. The van der Waals surface area contributed by atoms with Crippen LogP contribution in [0.25, 0.3) is 0 Å². The fourth-order valence-corrected chi connectivity index (χ4v) is 3.50. The summed E-state index contributed by atoms with van der Waals surface area (Å²) in [5.41, 5.74) is 0.628. The maximum atomic E-state index is 12.3. The molecule has 2 aromatic rings. The number of esters is 2. The van der Waals surface area contributed by atoms with E-state index in [4.69, 9.17) is 19.3 Å². The van der Waals surface area contributed by atoms with Gasteiger partial charge in [0.15, 0.2) is 0 Å². The number of aromatic carboxylic acids is 1. The third kappa shape index (κ3) is 6.05. The highest BCUT2D eigenvalue weighted by Gasteiger charge is 2.23. The van der Waals surface area contributed by atoms with Gasteiger partial charge in [-0.15, -0.1) is 0 Å². The van der Waals surface area contributed by atoms with Crippen LogP contribution in [0.2, 0.25) is 0 Å². The molecule has 1 aliphatic heterocycles. The molecule has 1 saturated heterocycles. The van der Waals surface area contributed by atoms with Crippen molar-refractivity contribution in [1.82, 2.24) is 4.90 Å². The number of methoxy groups -OCH3 is 1. The molecular weight excluding hydrogens is 402 g/mol. The fourth-order valence-electron chi connectivity index (χ4n) is 3.50. The number of benzene rings is 2. The van der Waals surface area contributed by atoms with Gasteiger partial charge in [-0.25, -0.2) is 14.4 Å². The smallest absolute Gasteiger partial charge is 0.341 e. The molecule has 1 unspecified atom stereocenters. The number of hydrogen-bond donors (Lipinski definition) is 1. The minimum atomic E-state index is -1.10. The monoisotopic (exact) mass is 427 g/mol. The molecule has 8 heteroatoms. The summed E-state index contributed by atoms with van der Waals surface area (Å²) in [5, 5.41) is 9.05. The van der Waals surface area contributed by atoms with E-state index in [0.29, 0.717) is 24.5 Å². The minimum Gasteiger partial charge on any atom is -0.492 e. The summed E-state index contributed by atoms with van der Waals surface area (Å²) >= 11 is 0. The van der Waals surface area contributed by atoms with Crippen molar-refractivity contribution in [3.8, 4) is 5.75 Å². The molecular formula is C23H25NO7. The zero-order valence-corrected chi connectivity index (χ0v) is 17.3. The summed E-state index contributed by atoms with van der Waals surface area (Å²) in [6.07, 6.45) is 1.89. The molecule has 0 saturated carbocycles. The standard InChI is InChI=1S/C23H25NO7/c1-29-23(28)19-9-2-3-10-20(19)30-14-16-6-5-11-24(13-16)15-31-22(27)18-8-4-7-17(12-18)21(25)26/h2-4,7-10,12,16H,5-6,11,13-15H2,1H3,(H,25,26). The molecule has 0 amide bonds. The Hall–Kier alpha value is -3.39. The highest BCUT2D eigenvalue weighted by atomic mass is 16.5. The molecule has 1 aliphatic rings. The van der Waals surface area contributed by atoms with Gasteiger partial charge in [0.25, 0.3) is 0 Å². The highest BCUT2D eigenvalue weighted by Crippen LogP contribution is 2.22. The van der Waals surface area contributed by atoms with E-state index in [1.165, 1.54) is 31.4 Å². The van der Waals surface area contributed by atoms with Crippen LogP contribution < -0.4 is 4.74 Å². The second-order valence-electron chi connectivity index (χ2n) is 7.33. The average Bonchev–Trinajstić information content (AvgIpc) is 2.81. The van der Waals surface area contributed by atoms with E-state index in [1.807, 2.05) is 4.90 Å². The molecule has 0 aliphatic carbocycles. The lowest BCUT2D eigenvalue weighted by molar-refractivity contribution is 0.00660. The predicted octanol–water partition coefficient (Wildman–Crippen LogP) is 3.08. The normalized spacial score (nSPS) is 16.4. The van der Waals surface area contributed by atoms with Crippen molar-refractivity contribution in [3.05, 3.63) is 65.2 Å². The van der Waals surface area contributed by atoms with Crippen LogP contribution in [0.3, 0.4) is 0 Å². The van der Waals surface area contributed by atoms with Crippen LogP contribution in [-0.2, 0) is 9.47 Å². The summed E-state index contributed by atoms with van der Waals surface area (Å²) in [7, 11) is 1.33. The van der Waals surface area contributed by atoms with E-state index in [9.17, 15) is 14.4 Å². The van der Waals surface area contributed by atoms with Crippen LogP contribution in [0.4, 0.5) is 0 Å². The zero-order chi connectivity index (χ0) is 22.2. The van der Waals surface area contributed by atoms with Gasteiger partial charge in [-0.05, 0) is 43.2 Å². The van der Waals surface area contributed by atoms with Gasteiger partial charge >= 0.3 is 17.9 Å². The van der Waals surface area contributed by atoms with Gasteiger partial charge in [-0.2, -0.15) is 0 Å². The molecule has 1 atom stereocenters. The Labute approximate surface area is 180 Å². The molecule has 0 spiro atoms. The Bertz CT molecular complexity index is 943. The molecule has 2 aromatic carbocycles. The molecule has 3 rings (SSSR count). The van der Waals surface area contributed by atoms with Gasteiger partial charge in [0, 0.05) is 19.0 Å². The van der Waals surface area contributed by atoms with Crippen LogP contribution in [0, 0.1) is 5.92 Å². The second-order valence-corrected chi connectivity index (χ2v) is 7.33. The number of likely N-dealkylation sites (tertiary alicyclic amines) is 1. The fraction of sp³-hybridized carbons (Fsp3) is 0.348. The first kappa shape index (κ1) is 22.3. The third-order valence-electron chi connectivity index (χ3n) is 5.09. The number of carbonyl (C=O) groups excluding carboxylic acids is 2. The lowest BCUT2D eigenvalue weighted by atomic mass is 9.99. The van der Waals surface area contributed by atoms with Crippen LogP contribution in [-0.4, -0.2) is 61.5 Å². The topological polar surface area (TPSA) is 102 Å². The zero-order valence-electron chi connectivity index (χ0n) is 17.3. The molecule has 1 N–H and O–H groups in total. The maximum absolute atomic E-state index is 12.3. The first-order valence-electron chi connectivity index (χ1n) is 10.0. The van der Waals surface area contributed by atoms with Crippen LogP contribution in [0.15, 0.2) is 48.5 Å². The minimum absolute atomic E-state index is 0.0388. The molecule has 31 heavy (non-hydrogen) atoms. The number of ether oxygens (including phenoxy) is 3. The molecule has 8 nitrogen and oxygen atoms in total. The van der Waals surface area contributed by atoms with E-state index >= 15 is 0 Å².